The third kappa shape index (κ3) is 20.1. The van der Waals surface area contributed by atoms with E-state index >= 15 is 0 Å². The molecule has 2 heterocycles. The number of aliphatic hydroxyl groups is 1. The fourth-order valence-corrected chi connectivity index (χ4v) is 10.9. The van der Waals surface area contributed by atoms with Crippen molar-refractivity contribution in [1.29, 1.82) is 0 Å². The molecule has 2 aliphatic rings. The summed E-state index contributed by atoms with van der Waals surface area (Å²) in [5.41, 5.74) is 1.21. The first-order chi connectivity index (χ1) is 39.9. The maximum absolute atomic E-state index is 14.8. The van der Waals surface area contributed by atoms with Crippen molar-refractivity contribution >= 4 is 47.6 Å². The van der Waals surface area contributed by atoms with E-state index < -0.39 is 84.7 Å². The maximum Gasteiger partial charge on any atom is 0.413 e. The molecule has 0 radical (unpaired) electrons. The molecule has 84 heavy (non-hydrogen) atoms. The van der Waals surface area contributed by atoms with Gasteiger partial charge in [0.15, 0.2) is 11.6 Å². The number of likely N-dealkylation sites (N-methyl/N-ethyl adjacent to an activating group) is 3. The Balaban J connectivity index is 1.36. The molecule has 1 saturated heterocycles. The number of amides is 6. The Bertz CT molecular complexity index is 2480. The maximum atomic E-state index is 14.8. The van der Waals surface area contributed by atoms with Gasteiger partial charge in [0.1, 0.15) is 31.3 Å². The molecule has 2 aromatic rings. The van der Waals surface area contributed by atoms with Gasteiger partial charge in [0.2, 0.25) is 17.7 Å². The Labute approximate surface area is 496 Å². The van der Waals surface area contributed by atoms with E-state index in [1.807, 2.05) is 59.7 Å². The monoisotopic (exact) mass is 1180 g/mol. The lowest BCUT2D eigenvalue weighted by molar-refractivity contribution is -0.149. The number of carbonyl (C=O) groups excluding carboxylic acids is 8. The van der Waals surface area contributed by atoms with Crippen molar-refractivity contribution in [2.45, 2.75) is 162 Å². The van der Waals surface area contributed by atoms with Gasteiger partial charge in [-0.25, -0.2) is 14.4 Å². The summed E-state index contributed by atoms with van der Waals surface area (Å²) in [6.45, 7) is 17.0. The number of rotatable bonds is 30. The van der Waals surface area contributed by atoms with E-state index in [0.717, 1.165) is 0 Å². The van der Waals surface area contributed by atoms with E-state index in [2.05, 4.69) is 10.6 Å². The highest BCUT2D eigenvalue weighted by Gasteiger charge is 2.44. The summed E-state index contributed by atoms with van der Waals surface area (Å²) < 4.78 is 39.1. The molecular formula is C62H94N6O16. The molecule has 3 N–H and O–H groups in total. The van der Waals surface area contributed by atoms with Crippen LogP contribution in [0.5, 0.6) is 5.75 Å². The Kier molecular flexibility index (Phi) is 28.7. The van der Waals surface area contributed by atoms with Gasteiger partial charge in [-0.05, 0) is 66.9 Å². The first-order valence-corrected chi connectivity index (χ1v) is 29.3. The van der Waals surface area contributed by atoms with Crippen LogP contribution in [0.25, 0.3) is 0 Å². The van der Waals surface area contributed by atoms with E-state index in [1.165, 1.54) is 50.2 Å². The molecule has 2 aromatic carbocycles. The minimum Gasteiger partial charge on any atom is -0.445 e. The molecule has 1 fully saturated rings. The lowest BCUT2D eigenvalue weighted by Crippen LogP contribution is -2.55. The van der Waals surface area contributed by atoms with Gasteiger partial charge in [-0.3, -0.25) is 24.0 Å². The van der Waals surface area contributed by atoms with Crippen LogP contribution in [0.3, 0.4) is 0 Å². The van der Waals surface area contributed by atoms with Crippen molar-refractivity contribution < 1.29 is 76.6 Å². The van der Waals surface area contributed by atoms with Gasteiger partial charge in [-0.1, -0.05) is 110 Å². The fraction of sp³-hybridized carbons (Fsp3) is 0.645. The van der Waals surface area contributed by atoms with Crippen LogP contribution < -0.4 is 15.4 Å². The van der Waals surface area contributed by atoms with Crippen molar-refractivity contribution in [2.75, 3.05) is 68.5 Å². The quantitative estimate of drug-likeness (QED) is 0.0659. The van der Waals surface area contributed by atoms with Gasteiger partial charge in [-0.2, -0.15) is 0 Å². The molecule has 0 bridgehead atoms. The molecule has 0 spiro atoms. The Hall–Kier alpha value is -6.46. The number of nitrogens with zero attached hydrogens (tertiary/aromatic N) is 4. The Morgan fingerprint density at radius 2 is 1.48 bits per heavy atom. The van der Waals surface area contributed by atoms with E-state index in [1.54, 1.807) is 74.0 Å². The van der Waals surface area contributed by atoms with Crippen molar-refractivity contribution in [2.24, 2.45) is 29.6 Å². The summed E-state index contributed by atoms with van der Waals surface area (Å²) in [5.74, 6) is -3.62. The Morgan fingerprint density at radius 1 is 0.798 bits per heavy atom. The number of aliphatic hydroxyl groups excluding tert-OH is 1. The number of carbonyl (C=O) groups is 8. The molecule has 22 heteroatoms. The van der Waals surface area contributed by atoms with E-state index in [4.69, 9.17) is 33.2 Å². The van der Waals surface area contributed by atoms with Gasteiger partial charge in [0.05, 0.1) is 74.6 Å². The first-order valence-electron chi connectivity index (χ1n) is 29.3. The van der Waals surface area contributed by atoms with Crippen LogP contribution >= 0.6 is 0 Å². The third-order valence-corrected chi connectivity index (χ3v) is 16.0. The topological polar surface area (TPSA) is 258 Å². The van der Waals surface area contributed by atoms with Crippen LogP contribution in [0.4, 0.5) is 14.4 Å². The molecule has 0 aromatic heterocycles. The average molecular weight is 1180 g/mol. The van der Waals surface area contributed by atoms with Crippen molar-refractivity contribution in [1.82, 2.24) is 30.2 Å². The third-order valence-electron chi connectivity index (χ3n) is 16.0. The van der Waals surface area contributed by atoms with Gasteiger partial charge in [0.25, 0.3) is 0 Å². The summed E-state index contributed by atoms with van der Waals surface area (Å²) in [4.78, 5) is 115. The number of ketones is 2. The predicted octanol–water partition coefficient (Wildman–Crippen LogP) is 7.10. The number of ether oxygens (including phenoxy) is 7. The SMILES string of the molecule is CCC(=O)C(CN(C)C(=O)OC1/C=C/COCOC1)NC(=O)Oc1ccc(COC(=O)N(C)[C@H](C(=O)C[C@@H](C(=O)N(C)[C@@H]([C@@H](C)CC)[C@@H](CC(=O)N2CCC[C@H]2[C@H](OC)[C@@H](C)C(=O)N[C@H](C)[C@@H](O)c2ccccc2)OC)C(C)C)C(C)C)cc1. The fourth-order valence-electron chi connectivity index (χ4n) is 10.9. The molecule has 2 unspecified atom stereocenters. The molecule has 0 aliphatic carbocycles. The summed E-state index contributed by atoms with van der Waals surface area (Å²) in [6.07, 6.45) is -0.262. The van der Waals surface area contributed by atoms with Crippen molar-refractivity contribution in [3.8, 4) is 5.75 Å². The minimum atomic E-state index is -1.10. The number of Topliss-reactive ketones (excluding diaryl/α,β-unsaturated/α-hetero) is 2. The number of methoxy groups -OCH3 is 2. The highest BCUT2D eigenvalue weighted by atomic mass is 16.7. The summed E-state index contributed by atoms with van der Waals surface area (Å²) >= 11 is 0. The number of benzene rings is 2. The van der Waals surface area contributed by atoms with Gasteiger partial charge in [0, 0.05) is 60.7 Å². The van der Waals surface area contributed by atoms with Crippen LogP contribution in [-0.2, 0) is 59.0 Å². The van der Waals surface area contributed by atoms with E-state index in [-0.39, 0.29) is 98.6 Å². The predicted molar refractivity (Wildman–Crippen MR) is 313 cm³/mol. The molecule has 468 valence electrons. The van der Waals surface area contributed by atoms with Crippen LogP contribution in [0.15, 0.2) is 66.7 Å². The second kappa shape index (κ2) is 34.5. The van der Waals surface area contributed by atoms with E-state index in [9.17, 15) is 43.5 Å². The first kappa shape index (κ1) is 70.0. The van der Waals surface area contributed by atoms with Crippen molar-refractivity contribution in [3.63, 3.8) is 0 Å². The highest BCUT2D eigenvalue weighted by molar-refractivity contribution is 5.92. The Morgan fingerprint density at radius 3 is 2.08 bits per heavy atom. The molecule has 2 aliphatic heterocycles. The van der Waals surface area contributed by atoms with Crippen LogP contribution in [0.2, 0.25) is 0 Å². The van der Waals surface area contributed by atoms with Gasteiger partial charge < -0.3 is 68.5 Å². The van der Waals surface area contributed by atoms with E-state index in [0.29, 0.717) is 43.5 Å². The molecule has 12 atom stereocenters. The number of hydrogen-bond donors (Lipinski definition) is 3. The lowest BCUT2D eigenvalue weighted by atomic mass is 9.83. The van der Waals surface area contributed by atoms with Crippen LogP contribution in [0.1, 0.15) is 118 Å². The highest BCUT2D eigenvalue weighted by Crippen LogP contribution is 2.32. The molecule has 22 nitrogen and oxygen atoms in total. The van der Waals surface area contributed by atoms with Crippen LogP contribution in [-0.4, -0.2) is 189 Å². The molecular weight excluding hydrogens is 1080 g/mol. The van der Waals surface area contributed by atoms with Crippen LogP contribution in [0, 0.1) is 29.6 Å². The van der Waals surface area contributed by atoms with Crippen molar-refractivity contribution in [3.05, 3.63) is 77.9 Å². The minimum absolute atomic E-state index is 0.0539. The summed E-state index contributed by atoms with van der Waals surface area (Å²) in [6, 6.07) is 11.6. The standard InChI is InChI=1S/C62H94N6O16/c1-15-40(7)55(52(78-13)33-53(71)68-30-20-25-49(68)57(79-14)41(8)58(73)63-42(9)56(72)44-22-18-17-19-23-44)66(11)59(74)47(38(3)4)32-51(70)54(39(5)6)67(12)62(77)82-35-43-26-28-45(29-27-43)83-60(75)64-48(50(69)16-2)34-65(10)61(76)84-46-24-21-31-80-37-81-36-46/h17-19,21-24,26-29,38-42,46-49,52,54-57,72H,15-16,20,25,30-37H2,1-14H3,(H,63,73)(H,64,75)/b24-21+/t40-,41+,42+,46?,47+,48?,49-,52+,54-,55-,56+,57+/m0/s1. The van der Waals surface area contributed by atoms with Gasteiger partial charge in [-0.15, -0.1) is 0 Å². The smallest absolute Gasteiger partial charge is 0.413 e. The second-order valence-electron chi connectivity index (χ2n) is 22.8. The zero-order chi connectivity index (χ0) is 62.4. The molecule has 0 saturated carbocycles. The largest absolute Gasteiger partial charge is 0.445 e. The van der Waals surface area contributed by atoms with Gasteiger partial charge >= 0.3 is 18.3 Å². The molecule has 4 rings (SSSR count). The normalized spacial score (nSPS) is 19.3. The lowest BCUT2D eigenvalue weighted by Gasteiger charge is -2.41. The number of likely N-dealkylation sites (tertiary alicyclic amines) is 1. The zero-order valence-corrected chi connectivity index (χ0v) is 51.8. The second-order valence-corrected chi connectivity index (χ2v) is 22.8. The zero-order valence-electron chi connectivity index (χ0n) is 51.8. The number of hydrogen-bond acceptors (Lipinski definition) is 16. The summed E-state index contributed by atoms with van der Waals surface area (Å²) in [7, 11) is 7.64. The summed E-state index contributed by atoms with van der Waals surface area (Å²) in [5, 5.41) is 16.4. The number of nitrogens with one attached hydrogen (secondary N) is 2. The average Bonchev–Trinajstić information content (AvgIpc) is 3.88. The molecule has 6 amide bonds.